The van der Waals surface area contributed by atoms with Crippen molar-refractivity contribution in [3.05, 3.63) is 65.7 Å². The van der Waals surface area contributed by atoms with Gasteiger partial charge in [-0.05, 0) is 36.6 Å². The van der Waals surface area contributed by atoms with E-state index >= 15 is 0 Å². The van der Waals surface area contributed by atoms with E-state index in [1.165, 1.54) is 0 Å². The lowest BCUT2D eigenvalue weighted by Crippen LogP contribution is -2.28. The minimum absolute atomic E-state index is 0.102. The van der Waals surface area contributed by atoms with Crippen molar-refractivity contribution in [2.75, 3.05) is 24.6 Å². The maximum absolute atomic E-state index is 11.1. The topological polar surface area (TPSA) is 110 Å². The maximum Gasteiger partial charge on any atom is 0.248 e. The lowest BCUT2D eigenvalue weighted by atomic mass is 10.1. The van der Waals surface area contributed by atoms with Gasteiger partial charge in [-0.3, -0.25) is 9.59 Å². The molecule has 0 radical (unpaired) electrons. The molecule has 2 aromatic rings. The zero-order chi connectivity index (χ0) is 22.8. The number of hydrogen-bond acceptors (Lipinski definition) is 4. The number of aliphatic hydroxyl groups is 1. The average Bonchev–Trinajstić information content (AvgIpc) is 2.78. The largest absolute Gasteiger partial charge is 0.395 e. The maximum atomic E-state index is 11.1. The van der Waals surface area contributed by atoms with E-state index in [1.54, 1.807) is 12.1 Å². The Kier molecular flexibility index (Phi) is 15.4. The van der Waals surface area contributed by atoms with Crippen LogP contribution < -0.4 is 16.4 Å². The quantitative estimate of drug-likeness (QED) is 0.551. The molecule has 0 aromatic heterocycles. The first kappa shape index (κ1) is 27.1. The van der Waals surface area contributed by atoms with Crippen LogP contribution in [0.1, 0.15) is 56.0 Å². The standard InChI is InChI=1S/C13H20N2O2.C9H11NO.C2H6/c1-2-3-7-15(8-9-16)12-6-4-5-11(10-12)13(14)17;10-9(11)7-6-8-4-2-1-3-5-8;1-2/h4-6,10,16H,2-3,7-9H2,1H3,(H2,14,17);1-5H,6-7H2,(H2,10,11);1-2H3. The molecule has 0 saturated carbocycles. The van der Waals surface area contributed by atoms with E-state index in [0.717, 1.165) is 37.1 Å². The highest BCUT2D eigenvalue weighted by atomic mass is 16.3. The molecule has 0 heterocycles. The van der Waals surface area contributed by atoms with E-state index in [0.29, 0.717) is 18.5 Å². The van der Waals surface area contributed by atoms with Crippen LogP contribution in [0.15, 0.2) is 54.6 Å². The Hall–Kier alpha value is -2.86. The number of nitrogens with two attached hydrogens (primary N) is 2. The van der Waals surface area contributed by atoms with Gasteiger partial charge >= 0.3 is 0 Å². The molecule has 0 bridgehead atoms. The van der Waals surface area contributed by atoms with Gasteiger partial charge in [-0.15, -0.1) is 0 Å². The van der Waals surface area contributed by atoms with Crippen LogP contribution in [0.3, 0.4) is 0 Å². The molecule has 0 saturated heterocycles. The molecule has 30 heavy (non-hydrogen) atoms. The second-order valence-electron chi connectivity index (χ2n) is 6.43. The van der Waals surface area contributed by atoms with Crippen molar-refractivity contribution in [3.63, 3.8) is 0 Å². The first-order valence-corrected chi connectivity index (χ1v) is 10.6. The molecule has 0 aliphatic carbocycles. The highest BCUT2D eigenvalue weighted by Crippen LogP contribution is 2.16. The summed E-state index contributed by atoms with van der Waals surface area (Å²) < 4.78 is 0. The molecule has 5 N–H and O–H groups in total. The van der Waals surface area contributed by atoms with Crippen LogP contribution in [0.5, 0.6) is 0 Å². The molecule has 0 aliphatic heterocycles. The van der Waals surface area contributed by atoms with Crippen molar-refractivity contribution in [2.45, 2.75) is 46.5 Å². The summed E-state index contributed by atoms with van der Waals surface area (Å²) in [6.45, 7) is 7.67. The molecule has 0 fully saturated rings. The predicted octanol–water partition coefficient (Wildman–Crippen LogP) is 3.52. The monoisotopic (exact) mass is 415 g/mol. The minimum atomic E-state index is -0.425. The summed E-state index contributed by atoms with van der Waals surface area (Å²) in [7, 11) is 0. The summed E-state index contributed by atoms with van der Waals surface area (Å²) in [5, 5.41) is 9.04. The van der Waals surface area contributed by atoms with Crippen LogP contribution in [-0.4, -0.2) is 36.6 Å². The van der Waals surface area contributed by atoms with E-state index in [-0.39, 0.29) is 12.5 Å². The Morgan fingerprint density at radius 2 is 1.63 bits per heavy atom. The Morgan fingerprint density at radius 3 is 2.17 bits per heavy atom. The molecule has 6 heteroatoms. The number of primary amides is 2. The molecule has 0 atom stereocenters. The van der Waals surface area contributed by atoms with E-state index in [4.69, 9.17) is 16.6 Å². The second kappa shape index (κ2) is 17.0. The van der Waals surface area contributed by atoms with E-state index in [1.807, 2.05) is 56.3 Å². The van der Waals surface area contributed by atoms with Crippen molar-refractivity contribution < 1.29 is 14.7 Å². The van der Waals surface area contributed by atoms with Crippen molar-refractivity contribution in [1.82, 2.24) is 0 Å². The number of carbonyl (C=O) groups excluding carboxylic acids is 2. The van der Waals surface area contributed by atoms with Crippen LogP contribution in [0.4, 0.5) is 5.69 Å². The van der Waals surface area contributed by atoms with Crippen LogP contribution in [0.2, 0.25) is 0 Å². The van der Waals surface area contributed by atoms with Crippen LogP contribution in [0.25, 0.3) is 0 Å². The van der Waals surface area contributed by atoms with Crippen molar-refractivity contribution in [2.24, 2.45) is 11.5 Å². The minimum Gasteiger partial charge on any atom is -0.395 e. The van der Waals surface area contributed by atoms with Gasteiger partial charge in [-0.1, -0.05) is 63.6 Å². The number of nitrogens with zero attached hydrogens (tertiary/aromatic N) is 1. The number of carbonyl (C=O) groups is 2. The smallest absolute Gasteiger partial charge is 0.248 e. The first-order valence-electron chi connectivity index (χ1n) is 10.6. The number of unbranched alkanes of at least 4 members (excludes halogenated alkanes) is 1. The number of rotatable bonds is 10. The predicted molar refractivity (Wildman–Crippen MR) is 124 cm³/mol. The van der Waals surface area contributed by atoms with E-state index in [9.17, 15) is 9.59 Å². The molecular formula is C24H37N3O3. The van der Waals surface area contributed by atoms with Gasteiger partial charge in [0.2, 0.25) is 11.8 Å². The van der Waals surface area contributed by atoms with Gasteiger partial charge in [-0.25, -0.2) is 0 Å². The Balaban J connectivity index is 0.000000557. The van der Waals surface area contributed by atoms with Gasteiger partial charge in [0.25, 0.3) is 0 Å². The Labute approximate surface area is 180 Å². The summed E-state index contributed by atoms with van der Waals surface area (Å²) in [6, 6.07) is 17.0. The molecular weight excluding hydrogens is 378 g/mol. The van der Waals surface area contributed by atoms with Crippen LogP contribution in [-0.2, 0) is 11.2 Å². The zero-order valence-electron chi connectivity index (χ0n) is 18.5. The van der Waals surface area contributed by atoms with Gasteiger partial charge < -0.3 is 21.5 Å². The third kappa shape index (κ3) is 11.9. The number of benzene rings is 2. The molecule has 2 rings (SSSR count). The second-order valence-corrected chi connectivity index (χ2v) is 6.43. The highest BCUT2D eigenvalue weighted by molar-refractivity contribution is 5.93. The third-order valence-corrected chi connectivity index (χ3v) is 4.15. The van der Waals surface area contributed by atoms with Gasteiger partial charge in [0.15, 0.2) is 0 Å². The molecule has 0 spiro atoms. The summed E-state index contributed by atoms with van der Waals surface area (Å²) in [4.78, 5) is 23.6. The fourth-order valence-corrected chi connectivity index (χ4v) is 2.61. The van der Waals surface area contributed by atoms with Crippen molar-refractivity contribution >= 4 is 17.5 Å². The normalized spacial score (nSPS) is 9.47. The number of hydrogen-bond donors (Lipinski definition) is 3. The fourth-order valence-electron chi connectivity index (χ4n) is 2.61. The van der Waals surface area contributed by atoms with Crippen LogP contribution >= 0.6 is 0 Å². The van der Waals surface area contributed by atoms with Gasteiger partial charge in [0.05, 0.1) is 6.61 Å². The average molecular weight is 416 g/mol. The lowest BCUT2D eigenvalue weighted by molar-refractivity contribution is -0.117. The molecule has 6 nitrogen and oxygen atoms in total. The van der Waals surface area contributed by atoms with Gasteiger partial charge in [0, 0.05) is 30.8 Å². The Bertz CT molecular complexity index is 721. The first-order chi connectivity index (χ1) is 14.5. The van der Waals surface area contributed by atoms with E-state index < -0.39 is 5.91 Å². The van der Waals surface area contributed by atoms with Crippen molar-refractivity contribution in [1.29, 1.82) is 0 Å². The number of amides is 2. The van der Waals surface area contributed by atoms with E-state index in [2.05, 4.69) is 11.8 Å². The molecule has 166 valence electrons. The SMILES string of the molecule is CC.CCCCN(CCO)c1cccc(C(N)=O)c1.NC(=O)CCc1ccccc1. The lowest BCUT2D eigenvalue weighted by Gasteiger charge is -2.24. The molecule has 0 unspecified atom stereocenters. The molecule has 2 amide bonds. The fraction of sp³-hybridized carbons (Fsp3) is 0.417. The molecule has 2 aromatic carbocycles. The highest BCUT2D eigenvalue weighted by Gasteiger charge is 2.07. The number of aliphatic hydroxyl groups excluding tert-OH is 1. The summed E-state index contributed by atoms with van der Waals surface area (Å²) >= 11 is 0. The molecule has 0 aliphatic rings. The Morgan fingerprint density at radius 1 is 0.967 bits per heavy atom. The number of aryl methyl sites for hydroxylation is 1. The van der Waals surface area contributed by atoms with Gasteiger partial charge in [0.1, 0.15) is 0 Å². The summed E-state index contributed by atoms with van der Waals surface area (Å²) in [5.74, 6) is -0.667. The van der Waals surface area contributed by atoms with Crippen LogP contribution in [0, 0.1) is 0 Å². The van der Waals surface area contributed by atoms with Crippen molar-refractivity contribution in [3.8, 4) is 0 Å². The van der Waals surface area contributed by atoms with Gasteiger partial charge in [-0.2, -0.15) is 0 Å². The third-order valence-electron chi connectivity index (χ3n) is 4.15. The number of anilines is 1. The summed E-state index contributed by atoms with van der Waals surface area (Å²) in [5.41, 5.74) is 12.8. The summed E-state index contributed by atoms with van der Waals surface area (Å²) in [6.07, 6.45) is 3.33. The zero-order valence-corrected chi connectivity index (χ0v) is 18.5.